The quantitative estimate of drug-likeness (QED) is 0.643. The number of allylic oxidation sites excluding steroid dienone is 1. The van der Waals surface area contributed by atoms with Gasteiger partial charge in [0.2, 0.25) is 5.91 Å². The summed E-state index contributed by atoms with van der Waals surface area (Å²) in [5.41, 5.74) is 2.46. The lowest BCUT2D eigenvalue weighted by Crippen LogP contribution is -2.38. The Morgan fingerprint density at radius 2 is 1.91 bits per heavy atom. The lowest BCUT2D eigenvalue weighted by Gasteiger charge is -2.30. The molecule has 6 nitrogen and oxygen atoms in total. The summed E-state index contributed by atoms with van der Waals surface area (Å²) in [5.74, 6) is 0.00434. The topological polar surface area (TPSA) is 74.7 Å². The van der Waals surface area contributed by atoms with Gasteiger partial charge in [0.1, 0.15) is 5.82 Å². The highest BCUT2D eigenvalue weighted by Gasteiger charge is 2.33. The summed E-state index contributed by atoms with van der Waals surface area (Å²) in [5, 5.41) is 3.53. The number of hydrogen-bond acceptors (Lipinski definition) is 4. The standard InChI is InChI=1S/C24H24Cl2N4O2/c1-30(21-8-10-27-9-7-20(21)15-2-4-18(25)5-3-15)24(32)16-6-11-28-22(14-16)29-23(31)17-12-19(26)13-17/h2-7,9,11,14,17,19,21H,8,10,12-13H2,1H3,(H,28,29,31). The zero-order valence-corrected chi connectivity index (χ0v) is 19.2. The van der Waals surface area contributed by atoms with E-state index in [0.29, 0.717) is 42.2 Å². The minimum Gasteiger partial charge on any atom is -0.335 e. The predicted octanol–water partition coefficient (Wildman–Crippen LogP) is 4.69. The van der Waals surface area contributed by atoms with Crippen molar-refractivity contribution < 1.29 is 9.59 Å². The molecule has 0 spiro atoms. The molecule has 1 aromatic heterocycles. The van der Waals surface area contributed by atoms with Crippen molar-refractivity contribution in [2.24, 2.45) is 10.9 Å². The molecule has 1 aliphatic heterocycles. The summed E-state index contributed by atoms with van der Waals surface area (Å²) in [6.45, 7) is 0.622. The van der Waals surface area contributed by atoms with E-state index in [1.165, 1.54) is 6.20 Å². The summed E-state index contributed by atoms with van der Waals surface area (Å²) in [6, 6.07) is 10.7. The van der Waals surface area contributed by atoms with Crippen LogP contribution in [0.1, 0.15) is 35.2 Å². The number of carbonyl (C=O) groups is 2. The normalized spacial score (nSPS) is 22.3. The molecule has 1 aliphatic carbocycles. The molecule has 2 aliphatic rings. The molecule has 0 radical (unpaired) electrons. The minimum absolute atomic E-state index is 0.0618. The van der Waals surface area contributed by atoms with Crippen LogP contribution in [0.5, 0.6) is 0 Å². The highest BCUT2D eigenvalue weighted by Crippen LogP contribution is 2.33. The fraction of sp³-hybridized carbons (Fsp3) is 0.333. The summed E-state index contributed by atoms with van der Waals surface area (Å²) >= 11 is 12.0. The number of anilines is 1. The van der Waals surface area contributed by atoms with Crippen LogP contribution in [0, 0.1) is 5.92 Å². The molecule has 1 N–H and O–H groups in total. The molecule has 2 heterocycles. The molecule has 166 valence electrons. The summed E-state index contributed by atoms with van der Waals surface area (Å²) in [7, 11) is 1.79. The molecule has 1 fully saturated rings. The number of nitrogens with zero attached hydrogens (tertiary/aromatic N) is 3. The Labute approximate surface area is 197 Å². The van der Waals surface area contributed by atoms with Crippen LogP contribution in [0.2, 0.25) is 5.02 Å². The van der Waals surface area contributed by atoms with E-state index in [4.69, 9.17) is 23.2 Å². The molecular formula is C24H24Cl2N4O2. The minimum atomic E-state index is -0.159. The fourth-order valence-corrected chi connectivity index (χ4v) is 4.53. The highest BCUT2D eigenvalue weighted by molar-refractivity contribution is 6.30. The van der Waals surface area contributed by atoms with Gasteiger partial charge in [-0.2, -0.15) is 0 Å². The predicted molar refractivity (Wildman–Crippen MR) is 129 cm³/mol. The van der Waals surface area contributed by atoms with Crippen LogP contribution in [0.15, 0.2) is 53.7 Å². The van der Waals surface area contributed by atoms with Crippen LogP contribution in [0.3, 0.4) is 0 Å². The van der Waals surface area contributed by atoms with E-state index < -0.39 is 0 Å². The van der Waals surface area contributed by atoms with Gasteiger partial charge >= 0.3 is 0 Å². The van der Waals surface area contributed by atoms with Crippen molar-refractivity contribution in [2.75, 3.05) is 18.9 Å². The maximum absolute atomic E-state index is 13.3. The molecule has 2 aromatic rings. The molecular weight excluding hydrogens is 447 g/mol. The number of hydrogen-bond donors (Lipinski definition) is 1. The van der Waals surface area contributed by atoms with Gasteiger partial charge in [-0.15, -0.1) is 11.6 Å². The zero-order chi connectivity index (χ0) is 22.7. The first-order valence-electron chi connectivity index (χ1n) is 10.6. The van der Waals surface area contributed by atoms with Crippen LogP contribution in [-0.4, -0.2) is 52.9 Å². The van der Waals surface area contributed by atoms with E-state index in [1.54, 1.807) is 30.3 Å². The van der Waals surface area contributed by atoms with Crippen molar-refractivity contribution in [1.29, 1.82) is 0 Å². The molecule has 1 unspecified atom stereocenters. The Morgan fingerprint density at radius 1 is 1.16 bits per heavy atom. The largest absolute Gasteiger partial charge is 0.335 e. The number of benzene rings is 1. The number of rotatable bonds is 5. The van der Waals surface area contributed by atoms with Crippen LogP contribution >= 0.6 is 23.2 Å². The van der Waals surface area contributed by atoms with E-state index in [0.717, 1.165) is 11.1 Å². The smallest absolute Gasteiger partial charge is 0.254 e. The number of nitrogens with one attached hydrogen (secondary N) is 1. The number of likely N-dealkylation sites (N-methyl/N-ethyl adjacent to an activating group) is 1. The van der Waals surface area contributed by atoms with Crippen molar-refractivity contribution in [2.45, 2.75) is 30.7 Å². The van der Waals surface area contributed by atoms with E-state index in [9.17, 15) is 9.59 Å². The van der Waals surface area contributed by atoms with Crippen molar-refractivity contribution in [1.82, 2.24) is 9.88 Å². The van der Waals surface area contributed by atoms with Gasteiger partial charge in [-0.05, 0) is 60.7 Å². The van der Waals surface area contributed by atoms with Gasteiger partial charge in [0, 0.05) is 47.9 Å². The third-order valence-electron chi connectivity index (χ3n) is 5.93. The van der Waals surface area contributed by atoms with Crippen LogP contribution in [-0.2, 0) is 4.79 Å². The number of pyridine rings is 1. The second-order valence-electron chi connectivity index (χ2n) is 8.09. The summed E-state index contributed by atoms with van der Waals surface area (Å²) in [4.78, 5) is 36.0. The van der Waals surface area contributed by atoms with Crippen molar-refractivity contribution in [3.05, 3.63) is 64.8 Å². The first-order chi connectivity index (χ1) is 15.4. The van der Waals surface area contributed by atoms with Gasteiger partial charge in [0.05, 0.1) is 6.04 Å². The van der Waals surface area contributed by atoms with Gasteiger partial charge in [-0.3, -0.25) is 14.6 Å². The first-order valence-corrected chi connectivity index (χ1v) is 11.4. The Bertz CT molecular complexity index is 1060. The van der Waals surface area contributed by atoms with Crippen LogP contribution in [0.4, 0.5) is 5.82 Å². The van der Waals surface area contributed by atoms with Gasteiger partial charge in [-0.25, -0.2) is 4.98 Å². The molecule has 1 saturated carbocycles. The Balaban J connectivity index is 1.52. The zero-order valence-electron chi connectivity index (χ0n) is 17.7. The van der Waals surface area contributed by atoms with E-state index in [-0.39, 0.29) is 29.2 Å². The van der Waals surface area contributed by atoms with Gasteiger partial charge in [-0.1, -0.05) is 23.7 Å². The monoisotopic (exact) mass is 470 g/mol. The highest BCUT2D eigenvalue weighted by atomic mass is 35.5. The van der Waals surface area contributed by atoms with E-state index >= 15 is 0 Å². The van der Waals surface area contributed by atoms with E-state index in [1.807, 2.05) is 30.3 Å². The number of amides is 2. The summed E-state index contributed by atoms with van der Waals surface area (Å²) in [6.07, 6.45) is 7.30. The molecule has 4 rings (SSSR count). The van der Waals surface area contributed by atoms with Crippen molar-refractivity contribution >= 4 is 52.6 Å². The second-order valence-corrected chi connectivity index (χ2v) is 9.14. The van der Waals surface area contributed by atoms with Gasteiger partial charge in [0.25, 0.3) is 5.91 Å². The fourth-order valence-electron chi connectivity index (χ4n) is 3.97. The third kappa shape index (κ3) is 5.03. The average Bonchev–Trinajstić information content (AvgIpc) is 3.03. The first kappa shape index (κ1) is 22.5. The molecule has 8 heteroatoms. The van der Waals surface area contributed by atoms with Gasteiger partial charge in [0.15, 0.2) is 0 Å². The Morgan fingerprint density at radius 3 is 2.62 bits per heavy atom. The number of aromatic nitrogens is 1. The number of alkyl halides is 1. The summed E-state index contributed by atoms with van der Waals surface area (Å²) < 4.78 is 0. The van der Waals surface area contributed by atoms with E-state index in [2.05, 4.69) is 15.3 Å². The van der Waals surface area contributed by atoms with Crippen LogP contribution in [0.25, 0.3) is 5.57 Å². The SMILES string of the molecule is CN(C(=O)c1ccnc(NC(=O)C2CC(Cl)C2)c1)C1CCN=CC=C1c1ccc(Cl)cc1. The maximum atomic E-state index is 13.3. The average molecular weight is 471 g/mol. The third-order valence-corrected chi connectivity index (χ3v) is 6.53. The number of aliphatic imine (C=N–C) groups is 1. The van der Waals surface area contributed by atoms with Crippen molar-refractivity contribution in [3.63, 3.8) is 0 Å². The van der Waals surface area contributed by atoms with Crippen molar-refractivity contribution in [3.8, 4) is 0 Å². The molecule has 32 heavy (non-hydrogen) atoms. The molecule has 0 saturated heterocycles. The number of carbonyl (C=O) groups excluding carboxylic acids is 2. The molecule has 1 atom stereocenters. The Kier molecular flexibility index (Phi) is 6.92. The number of halogens is 2. The molecule has 1 aromatic carbocycles. The molecule has 2 amide bonds. The maximum Gasteiger partial charge on any atom is 0.254 e. The second kappa shape index (κ2) is 9.84. The molecule has 0 bridgehead atoms. The Hall–Kier alpha value is -2.70. The van der Waals surface area contributed by atoms with Crippen LogP contribution < -0.4 is 5.32 Å². The lowest BCUT2D eigenvalue weighted by atomic mass is 9.84. The lowest BCUT2D eigenvalue weighted by molar-refractivity contribution is -0.122. The van der Waals surface area contributed by atoms with Gasteiger partial charge < -0.3 is 10.2 Å².